The normalized spacial score (nSPS) is 21.0. The number of piperazine rings is 1. The topological polar surface area (TPSA) is 52.6 Å². The summed E-state index contributed by atoms with van der Waals surface area (Å²) in [6.45, 7) is 7.32. The first-order valence-corrected chi connectivity index (χ1v) is 10.2. The highest BCUT2D eigenvalue weighted by atomic mass is 16.2. The third-order valence-corrected chi connectivity index (χ3v) is 5.89. The van der Waals surface area contributed by atoms with Crippen LogP contribution in [0, 0.1) is 12.8 Å². The van der Waals surface area contributed by atoms with Crippen LogP contribution in [0.3, 0.4) is 0 Å². The number of carbonyl (C=O) groups excluding carboxylic acids is 1. The van der Waals surface area contributed by atoms with Crippen molar-refractivity contribution in [1.82, 2.24) is 19.8 Å². The van der Waals surface area contributed by atoms with Crippen molar-refractivity contribution in [2.45, 2.75) is 19.8 Å². The Morgan fingerprint density at radius 3 is 2.32 bits per heavy atom. The molecule has 2 aliphatic heterocycles. The van der Waals surface area contributed by atoms with Crippen LogP contribution in [0.4, 0.5) is 5.95 Å². The Labute approximate surface area is 167 Å². The number of piperidine rings is 1. The fourth-order valence-corrected chi connectivity index (χ4v) is 4.03. The highest BCUT2D eigenvalue weighted by Gasteiger charge is 2.31. The summed E-state index contributed by atoms with van der Waals surface area (Å²) in [6, 6.07) is 8.39. The van der Waals surface area contributed by atoms with E-state index in [-0.39, 0.29) is 5.92 Å². The number of aryl methyl sites for hydroxylation is 1. The fraction of sp³-hybridized carbons (Fsp3) is 0.500. The minimum absolute atomic E-state index is 0.0533. The number of likely N-dealkylation sites (N-methyl/N-ethyl adjacent to an activating group) is 1. The zero-order valence-corrected chi connectivity index (χ0v) is 16.8. The summed E-state index contributed by atoms with van der Waals surface area (Å²) in [5.74, 6) is 1.08. The summed E-state index contributed by atoms with van der Waals surface area (Å²) in [5, 5.41) is 0. The first kappa shape index (κ1) is 18.9. The predicted octanol–water partition coefficient (Wildman–Crippen LogP) is 2.44. The number of hydrogen-bond donors (Lipinski definition) is 0. The van der Waals surface area contributed by atoms with Gasteiger partial charge in [-0.15, -0.1) is 0 Å². The number of carbonyl (C=O) groups is 1. The van der Waals surface area contributed by atoms with Gasteiger partial charge in [-0.3, -0.25) is 4.79 Å². The van der Waals surface area contributed by atoms with Crippen LogP contribution in [0.1, 0.15) is 18.4 Å². The van der Waals surface area contributed by atoms with Crippen LogP contribution < -0.4 is 4.90 Å². The van der Waals surface area contributed by atoms with Crippen molar-refractivity contribution in [3.8, 4) is 11.1 Å². The number of rotatable bonds is 3. The molecule has 0 saturated carbocycles. The van der Waals surface area contributed by atoms with Gasteiger partial charge in [-0.05, 0) is 32.4 Å². The van der Waals surface area contributed by atoms with Gasteiger partial charge in [0, 0.05) is 57.2 Å². The van der Waals surface area contributed by atoms with E-state index in [1.165, 1.54) is 5.56 Å². The maximum atomic E-state index is 12.9. The van der Waals surface area contributed by atoms with Crippen LogP contribution >= 0.6 is 0 Å². The molecule has 1 atom stereocenters. The first-order chi connectivity index (χ1) is 13.6. The van der Waals surface area contributed by atoms with Gasteiger partial charge < -0.3 is 14.7 Å². The Morgan fingerprint density at radius 1 is 0.964 bits per heavy atom. The van der Waals surface area contributed by atoms with E-state index in [1.54, 1.807) is 0 Å². The molecule has 2 aromatic rings. The number of nitrogens with zero attached hydrogens (tertiary/aromatic N) is 5. The van der Waals surface area contributed by atoms with Gasteiger partial charge in [-0.1, -0.05) is 29.8 Å². The zero-order chi connectivity index (χ0) is 19.5. The van der Waals surface area contributed by atoms with Crippen LogP contribution in [0.15, 0.2) is 36.7 Å². The molecule has 2 saturated heterocycles. The lowest BCUT2D eigenvalue weighted by molar-refractivity contribution is -0.137. The van der Waals surface area contributed by atoms with Crippen molar-refractivity contribution < 1.29 is 4.79 Å². The van der Waals surface area contributed by atoms with Crippen LogP contribution in [0.5, 0.6) is 0 Å². The number of aromatic nitrogens is 2. The van der Waals surface area contributed by atoms with Gasteiger partial charge in [0.2, 0.25) is 11.9 Å². The van der Waals surface area contributed by atoms with Gasteiger partial charge in [-0.25, -0.2) is 9.97 Å². The molecule has 0 bridgehead atoms. The molecule has 148 valence electrons. The lowest BCUT2D eigenvalue weighted by atomic mass is 9.96. The SMILES string of the molecule is Cc1ccc(-c2cnc(N3CCCC(C(=O)N4CCN(C)CC4)C3)nc2)cc1. The van der Waals surface area contributed by atoms with Gasteiger partial charge in [0.1, 0.15) is 0 Å². The summed E-state index contributed by atoms with van der Waals surface area (Å²) in [4.78, 5) is 28.6. The molecular weight excluding hydrogens is 350 g/mol. The second-order valence-corrected chi connectivity index (χ2v) is 8.05. The van der Waals surface area contributed by atoms with Crippen molar-refractivity contribution >= 4 is 11.9 Å². The molecule has 0 aliphatic carbocycles. The lowest BCUT2D eigenvalue weighted by Gasteiger charge is -2.38. The minimum Gasteiger partial charge on any atom is -0.340 e. The van der Waals surface area contributed by atoms with E-state index in [9.17, 15) is 4.79 Å². The Balaban J connectivity index is 1.41. The molecule has 0 N–H and O–H groups in total. The van der Waals surface area contributed by atoms with E-state index in [0.717, 1.165) is 69.2 Å². The first-order valence-electron chi connectivity index (χ1n) is 10.2. The van der Waals surface area contributed by atoms with Gasteiger partial charge in [0.25, 0.3) is 0 Å². The Hall–Kier alpha value is -2.47. The second kappa shape index (κ2) is 8.27. The van der Waals surface area contributed by atoms with Gasteiger partial charge in [0.05, 0.1) is 5.92 Å². The van der Waals surface area contributed by atoms with Crippen LogP contribution in [0.25, 0.3) is 11.1 Å². The van der Waals surface area contributed by atoms with Crippen molar-refractivity contribution in [2.24, 2.45) is 5.92 Å². The van der Waals surface area contributed by atoms with E-state index in [0.29, 0.717) is 5.91 Å². The smallest absolute Gasteiger partial charge is 0.227 e. The summed E-state index contributed by atoms with van der Waals surface area (Å²) in [5.41, 5.74) is 3.38. The molecule has 28 heavy (non-hydrogen) atoms. The van der Waals surface area contributed by atoms with E-state index >= 15 is 0 Å². The van der Waals surface area contributed by atoms with Gasteiger partial charge in [-0.2, -0.15) is 0 Å². The summed E-state index contributed by atoms with van der Waals surface area (Å²) in [6.07, 6.45) is 5.74. The van der Waals surface area contributed by atoms with Crippen molar-refractivity contribution in [2.75, 3.05) is 51.2 Å². The number of benzene rings is 1. The second-order valence-electron chi connectivity index (χ2n) is 8.05. The van der Waals surface area contributed by atoms with Crippen LogP contribution in [-0.2, 0) is 4.79 Å². The third kappa shape index (κ3) is 4.17. The molecule has 1 unspecified atom stereocenters. The molecule has 1 aromatic heterocycles. The van der Waals surface area contributed by atoms with Crippen molar-refractivity contribution in [1.29, 1.82) is 0 Å². The molecular formula is C22H29N5O. The number of hydrogen-bond acceptors (Lipinski definition) is 5. The molecule has 1 amide bonds. The van der Waals surface area contributed by atoms with E-state index < -0.39 is 0 Å². The average Bonchev–Trinajstić information content (AvgIpc) is 2.75. The fourth-order valence-electron chi connectivity index (χ4n) is 4.03. The van der Waals surface area contributed by atoms with E-state index in [1.807, 2.05) is 17.3 Å². The molecule has 2 fully saturated rings. The summed E-state index contributed by atoms with van der Waals surface area (Å²) < 4.78 is 0. The van der Waals surface area contributed by atoms with Crippen molar-refractivity contribution in [3.63, 3.8) is 0 Å². The maximum Gasteiger partial charge on any atom is 0.227 e. The Bertz CT molecular complexity index is 797. The molecule has 0 radical (unpaired) electrons. The molecule has 2 aliphatic rings. The minimum atomic E-state index is 0.0533. The molecule has 3 heterocycles. The zero-order valence-electron chi connectivity index (χ0n) is 16.8. The summed E-state index contributed by atoms with van der Waals surface area (Å²) in [7, 11) is 2.11. The molecule has 4 rings (SSSR count). The standard InChI is InChI=1S/C22H29N5O/c1-17-5-7-18(8-6-17)20-14-23-22(24-15-20)27-9-3-4-19(16-27)21(28)26-12-10-25(2)11-13-26/h5-8,14-15,19H,3-4,9-13,16H2,1-2H3. The monoisotopic (exact) mass is 379 g/mol. The quantitative estimate of drug-likeness (QED) is 0.820. The predicted molar refractivity (Wildman–Crippen MR) is 111 cm³/mol. The number of amides is 1. The average molecular weight is 380 g/mol. The van der Waals surface area contributed by atoms with Crippen molar-refractivity contribution in [3.05, 3.63) is 42.2 Å². The highest BCUT2D eigenvalue weighted by Crippen LogP contribution is 2.24. The van der Waals surface area contributed by atoms with Gasteiger partial charge in [0.15, 0.2) is 0 Å². The highest BCUT2D eigenvalue weighted by molar-refractivity contribution is 5.79. The largest absolute Gasteiger partial charge is 0.340 e. The summed E-state index contributed by atoms with van der Waals surface area (Å²) >= 11 is 0. The lowest BCUT2D eigenvalue weighted by Crippen LogP contribution is -2.51. The number of anilines is 1. The Kier molecular flexibility index (Phi) is 5.57. The third-order valence-electron chi connectivity index (χ3n) is 5.89. The maximum absolute atomic E-state index is 12.9. The van der Waals surface area contributed by atoms with Crippen LogP contribution in [-0.4, -0.2) is 72.0 Å². The Morgan fingerprint density at radius 2 is 1.64 bits per heavy atom. The molecule has 6 nitrogen and oxygen atoms in total. The molecule has 1 aromatic carbocycles. The van der Waals surface area contributed by atoms with Crippen LogP contribution in [0.2, 0.25) is 0 Å². The molecule has 0 spiro atoms. The van der Waals surface area contributed by atoms with Gasteiger partial charge >= 0.3 is 0 Å². The molecule has 6 heteroatoms. The van der Waals surface area contributed by atoms with E-state index in [4.69, 9.17) is 0 Å². The van der Waals surface area contributed by atoms with E-state index in [2.05, 4.69) is 58.0 Å².